The number of nitrogens with one attached hydrogen (secondary N) is 1. The van der Waals surface area contributed by atoms with Crippen LogP contribution < -0.4 is 5.32 Å². The number of hydrogen-bond acceptors (Lipinski definition) is 3. The van der Waals surface area contributed by atoms with Gasteiger partial charge in [-0.15, -0.1) is 0 Å². The Morgan fingerprint density at radius 2 is 1.83 bits per heavy atom. The zero-order valence-electron chi connectivity index (χ0n) is 7.55. The summed E-state index contributed by atoms with van der Waals surface area (Å²) in [6, 6.07) is 0. The minimum Gasteiger partial charge on any atom is -0.396 e. The maximum Gasteiger partial charge on any atom is 0.116 e. The number of aliphatic hydroxyl groups excluding tert-OH is 1. The molecular formula is C9H19NO2. The highest BCUT2D eigenvalue weighted by Gasteiger charge is 2.29. The van der Waals surface area contributed by atoms with E-state index in [1.807, 2.05) is 0 Å². The Bertz CT molecular complexity index is 122. The Hall–Kier alpha value is -0.120. The average Bonchev–Trinajstić information content (AvgIpc) is 2.47. The molecule has 0 aliphatic heterocycles. The molecule has 0 radical (unpaired) electrons. The minimum absolute atomic E-state index is 0.250. The van der Waals surface area contributed by atoms with Crippen LogP contribution in [0.1, 0.15) is 38.5 Å². The van der Waals surface area contributed by atoms with E-state index in [9.17, 15) is 5.11 Å². The van der Waals surface area contributed by atoms with Crippen LogP contribution in [0.4, 0.5) is 0 Å². The Morgan fingerprint density at radius 3 is 2.42 bits per heavy atom. The smallest absolute Gasteiger partial charge is 0.116 e. The number of rotatable bonds is 5. The third kappa shape index (κ3) is 3.09. The molecule has 0 aromatic rings. The lowest BCUT2D eigenvalue weighted by atomic mass is 10.2. The third-order valence-electron chi connectivity index (χ3n) is 2.47. The summed E-state index contributed by atoms with van der Waals surface area (Å²) in [7, 11) is 0. The van der Waals surface area contributed by atoms with Crippen molar-refractivity contribution in [2.75, 3.05) is 13.2 Å². The zero-order chi connectivity index (χ0) is 8.86. The Morgan fingerprint density at radius 1 is 1.17 bits per heavy atom. The summed E-state index contributed by atoms with van der Waals surface area (Å²) >= 11 is 0. The van der Waals surface area contributed by atoms with Crippen LogP contribution in [-0.2, 0) is 0 Å². The van der Waals surface area contributed by atoms with Gasteiger partial charge in [0, 0.05) is 6.61 Å². The number of hydrogen-bond donors (Lipinski definition) is 3. The van der Waals surface area contributed by atoms with E-state index in [0.29, 0.717) is 0 Å². The largest absolute Gasteiger partial charge is 0.396 e. The van der Waals surface area contributed by atoms with E-state index < -0.39 is 5.72 Å². The third-order valence-corrected chi connectivity index (χ3v) is 2.47. The molecule has 12 heavy (non-hydrogen) atoms. The van der Waals surface area contributed by atoms with E-state index in [1.165, 1.54) is 0 Å². The lowest BCUT2D eigenvalue weighted by Crippen LogP contribution is -2.42. The highest BCUT2D eigenvalue weighted by atomic mass is 16.3. The summed E-state index contributed by atoms with van der Waals surface area (Å²) in [6.07, 6.45) is 5.78. The molecular weight excluding hydrogens is 154 g/mol. The summed E-state index contributed by atoms with van der Waals surface area (Å²) in [4.78, 5) is 0. The average molecular weight is 173 g/mol. The first-order valence-electron chi connectivity index (χ1n) is 4.85. The van der Waals surface area contributed by atoms with Gasteiger partial charge in [0.15, 0.2) is 0 Å². The lowest BCUT2D eigenvalue weighted by molar-refractivity contribution is 0.0120. The Kier molecular flexibility index (Phi) is 3.98. The molecule has 1 rings (SSSR count). The van der Waals surface area contributed by atoms with Gasteiger partial charge in [-0.05, 0) is 45.1 Å². The second kappa shape index (κ2) is 4.80. The van der Waals surface area contributed by atoms with Crippen molar-refractivity contribution in [1.82, 2.24) is 5.32 Å². The molecule has 0 amide bonds. The summed E-state index contributed by atoms with van der Waals surface area (Å²) in [5.41, 5.74) is -0.588. The molecule has 1 aliphatic rings. The van der Waals surface area contributed by atoms with Crippen LogP contribution in [0, 0.1) is 0 Å². The molecule has 1 aliphatic carbocycles. The zero-order valence-corrected chi connectivity index (χ0v) is 7.55. The van der Waals surface area contributed by atoms with E-state index in [0.717, 1.165) is 45.1 Å². The molecule has 0 aromatic heterocycles. The second-order valence-electron chi connectivity index (χ2n) is 3.60. The first-order chi connectivity index (χ1) is 5.77. The molecule has 3 heteroatoms. The Balaban J connectivity index is 2.05. The summed E-state index contributed by atoms with van der Waals surface area (Å²) in [6.45, 7) is 1.07. The Labute approximate surface area is 73.8 Å². The van der Waals surface area contributed by atoms with Crippen molar-refractivity contribution in [2.24, 2.45) is 0 Å². The van der Waals surface area contributed by atoms with Crippen molar-refractivity contribution >= 4 is 0 Å². The monoisotopic (exact) mass is 173 g/mol. The van der Waals surface area contributed by atoms with E-state index in [2.05, 4.69) is 5.32 Å². The van der Waals surface area contributed by atoms with Crippen LogP contribution in [0.2, 0.25) is 0 Å². The fourth-order valence-electron chi connectivity index (χ4n) is 1.69. The van der Waals surface area contributed by atoms with Crippen molar-refractivity contribution in [3.8, 4) is 0 Å². The molecule has 3 nitrogen and oxygen atoms in total. The van der Waals surface area contributed by atoms with Crippen molar-refractivity contribution < 1.29 is 10.2 Å². The van der Waals surface area contributed by atoms with Crippen molar-refractivity contribution in [3.63, 3.8) is 0 Å². The predicted octanol–water partition coefficient (Wildman–Crippen LogP) is 0.611. The van der Waals surface area contributed by atoms with Gasteiger partial charge in [0.1, 0.15) is 5.72 Å². The minimum atomic E-state index is -0.588. The van der Waals surface area contributed by atoms with Gasteiger partial charge in [0.05, 0.1) is 0 Å². The first kappa shape index (κ1) is 9.96. The number of unbranched alkanes of at least 4 members (excludes halogenated alkanes) is 1. The van der Waals surface area contributed by atoms with Crippen LogP contribution in [0.15, 0.2) is 0 Å². The van der Waals surface area contributed by atoms with Gasteiger partial charge >= 0.3 is 0 Å². The maximum atomic E-state index is 9.82. The molecule has 0 aromatic carbocycles. The standard InChI is InChI=1S/C9H19NO2/c11-8-4-3-7-10-9(12)5-1-2-6-9/h10-12H,1-8H2. The molecule has 0 atom stereocenters. The van der Waals surface area contributed by atoms with Gasteiger partial charge in [0.2, 0.25) is 0 Å². The quantitative estimate of drug-likeness (QED) is 0.422. The molecule has 0 spiro atoms. The van der Waals surface area contributed by atoms with Crippen molar-refractivity contribution in [2.45, 2.75) is 44.2 Å². The fraction of sp³-hybridized carbons (Fsp3) is 1.00. The molecule has 1 saturated carbocycles. The van der Waals surface area contributed by atoms with Gasteiger partial charge in [-0.2, -0.15) is 0 Å². The van der Waals surface area contributed by atoms with Crippen LogP contribution >= 0.6 is 0 Å². The summed E-state index contributed by atoms with van der Waals surface area (Å²) in [5, 5.41) is 21.5. The lowest BCUT2D eigenvalue weighted by Gasteiger charge is -2.23. The normalized spacial score (nSPS) is 21.5. The highest BCUT2D eigenvalue weighted by Crippen LogP contribution is 2.26. The fourth-order valence-corrected chi connectivity index (χ4v) is 1.69. The molecule has 0 bridgehead atoms. The van der Waals surface area contributed by atoms with E-state index >= 15 is 0 Å². The molecule has 3 N–H and O–H groups in total. The van der Waals surface area contributed by atoms with Gasteiger partial charge in [-0.1, -0.05) is 0 Å². The first-order valence-corrected chi connectivity index (χ1v) is 4.85. The molecule has 0 unspecified atom stereocenters. The number of aliphatic hydroxyl groups is 2. The molecule has 72 valence electrons. The van der Waals surface area contributed by atoms with Crippen molar-refractivity contribution in [1.29, 1.82) is 0 Å². The summed E-state index contributed by atoms with van der Waals surface area (Å²) < 4.78 is 0. The maximum absolute atomic E-state index is 9.82. The second-order valence-corrected chi connectivity index (χ2v) is 3.60. The predicted molar refractivity (Wildman–Crippen MR) is 47.7 cm³/mol. The highest BCUT2D eigenvalue weighted by molar-refractivity contribution is 4.81. The van der Waals surface area contributed by atoms with Gasteiger partial charge < -0.3 is 10.2 Å². The van der Waals surface area contributed by atoms with Crippen LogP contribution in [0.3, 0.4) is 0 Å². The van der Waals surface area contributed by atoms with Gasteiger partial charge in [-0.25, -0.2) is 0 Å². The van der Waals surface area contributed by atoms with Crippen LogP contribution in [-0.4, -0.2) is 29.1 Å². The van der Waals surface area contributed by atoms with E-state index in [4.69, 9.17) is 5.11 Å². The SMILES string of the molecule is OCCCCNC1(O)CCCC1. The molecule has 0 heterocycles. The molecule has 1 fully saturated rings. The van der Waals surface area contributed by atoms with Gasteiger partial charge in [0.25, 0.3) is 0 Å². The van der Waals surface area contributed by atoms with E-state index in [-0.39, 0.29) is 6.61 Å². The summed E-state index contributed by atoms with van der Waals surface area (Å²) in [5.74, 6) is 0. The van der Waals surface area contributed by atoms with Crippen LogP contribution in [0.25, 0.3) is 0 Å². The van der Waals surface area contributed by atoms with Crippen molar-refractivity contribution in [3.05, 3.63) is 0 Å². The van der Waals surface area contributed by atoms with E-state index in [1.54, 1.807) is 0 Å². The van der Waals surface area contributed by atoms with Crippen LogP contribution in [0.5, 0.6) is 0 Å². The molecule has 0 saturated heterocycles. The topological polar surface area (TPSA) is 52.5 Å². The van der Waals surface area contributed by atoms with Gasteiger partial charge in [-0.3, -0.25) is 5.32 Å².